The lowest BCUT2D eigenvalue weighted by molar-refractivity contribution is 0.102. The zero-order valence-electron chi connectivity index (χ0n) is 10.6. The third-order valence-electron chi connectivity index (χ3n) is 3.01. The molecule has 0 saturated carbocycles. The van der Waals surface area contributed by atoms with Gasteiger partial charge in [0.1, 0.15) is 5.82 Å². The zero-order valence-corrected chi connectivity index (χ0v) is 10.6. The van der Waals surface area contributed by atoms with Crippen LogP contribution in [0.2, 0.25) is 0 Å². The van der Waals surface area contributed by atoms with Gasteiger partial charge in [0.2, 0.25) is 0 Å². The minimum absolute atomic E-state index is 0.215. The quantitative estimate of drug-likeness (QED) is 0.745. The van der Waals surface area contributed by atoms with Crippen molar-refractivity contribution in [2.75, 3.05) is 11.1 Å². The predicted molar refractivity (Wildman–Crippen MR) is 78.3 cm³/mol. The number of nitrogens with two attached hydrogens (primary N) is 1. The molecule has 5 nitrogen and oxygen atoms in total. The number of hydrogen-bond acceptors (Lipinski definition) is 4. The van der Waals surface area contributed by atoms with Crippen molar-refractivity contribution in [2.24, 2.45) is 0 Å². The van der Waals surface area contributed by atoms with Gasteiger partial charge in [-0.25, -0.2) is 4.98 Å². The van der Waals surface area contributed by atoms with Gasteiger partial charge in [0.25, 0.3) is 5.91 Å². The Hall–Kier alpha value is -2.95. The van der Waals surface area contributed by atoms with Gasteiger partial charge >= 0.3 is 0 Å². The van der Waals surface area contributed by atoms with Crippen LogP contribution in [0.1, 0.15) is 10.4 Å². The van der Waals surface area contributed by atoms with E-state index >= 15 is 0 Å². The maximum atomic E-state index is 12.2. The summed E-state index contributed by atoms with van der Waals surface area (Å²) >= 11 is 0. The molecule has 0 aliphatic carbocycles. The summed E-state index contributed by atoms with van der Waals surface area (Å²) in [6, 6.07) is 10.8. The van der Waals surface area contributed by atoms with Crippen LogP contribution in [0.5, 0.6) is 0 Å². The highest BCUT2D eigenvalue weighted by molar-refractivity contribution is 6.10. The number of carbonyl (C=O) groups excluding carboxylic acids is 1. The molecule has 3 aromatic rings. The number of anilines is 2. The Kier molecular flexibility index (Phi) is 3.01. The molecule has 1 amide bonds. The van der Waals surface area contributed by atoms with Crippen LogP contribution in [0, 0.1) is 0 Å². The molecule has 3 N–H and O–H groups in total. The van der Waals surface area contributed by atoms with E-state index in [1.807, 2.05) is 24.3 Å². The first kappa shape index (κ1) is 12.1. The van der Waals surface area contributed by atoms with E-state index in [-0.39, 0.29) is 11.7 Å². The Morgan fingerprint density at radius 1 is 1.10 bits per heavy atom. The van der Waals surface area contributed by atoms with Crippen molar-refractivity contribution < 1.29 is 4.79 Å². The number of aromatic nitrogens is 2. The van der Waals surface area contributed by atoms with Crippen molar-refractivity contribution in [2.45, 2.75) is 0 Å². The first-order valence-corrected chi connectivity index (χ1v) is 6.10. The molecule has 0 radical (unpaired) electrons. The number of amides is 1. The van der Waals surface area contributed by atoms with Crippen LogP contribution in [0.3, 0.4) is 0 Å². The van der Waals surface area contributed by atoms with Crippen molar-refractivity contribution in [3.63, 3.8) is 0 Å². The fourth-order valence-corrected chi connectivity index (χ4v) is 2.03. The van der Waals surface area contributed by atoms with Gasteiger partial charge in [0.05, 0.1) is 5.56 Å². The van der Waals surface area contributed by atoms with Crippen molar-refractivity contribution >= 4 is 28.2 Å². The van der Waals surface area contributed by atoms with Crippen LogP contribution < -0.4 is 11.1 Å². The smallest absolute Gasteiger partial charge is 0.259 e. The number of pyridine rings is 2. The minimum atomic E-state index is -0.278. The SMILES string of the molecule is Nc1ncccc1C(=O)Nc1cccc2cnccc12. The highest BCUT2D eigenvalue weighted by atomic mass is 16.1. The molecule has 2 heterocycles. The highest BCUT2D eigenvalue weighted by Gasteiger charge is 2.11. The number of fused-ring (bicyclic) bond motifs is 1. The first-order valence-electron chi connectivity index (χ1n) is 6.10. The number of nitrogens with one attached hydrogen (secondary N) is 1. The van der Waals surface area contributed by atoms with Crippen molar-refractivity contribution in [1.29, 1.82) is 0 Å². The van der Waals surface area contributed by atoms with E-state index in [9.17, 15) is 4.79 Å². The predicted octanol–water partition coefficient (Wildman–Crippen LogP) is 2.46. The minimum Gasteiger partial charge on any atom is -0.383 e. The van der Waals surface area contributed by atoms with E-state index in [2.05, 4.69) is 15.3 Å². The molecule has 0 aliphatic rings. The molecular weight excluding hydrogens is 252 g/mol. The Morgan fingerprint density at radius 3 is 2.85 bits per heavy atom. The van der Waals surface area contributed by atoms with Crippen LogP contribution in [0.15, 0.2) is 55.0 Å². The normalized spacial score (nSPS) is 10.4. The second kappa shape index (κ2) is 4.97. The maximum absolute atomic E-state index is 12.2. The fourth-order valence-electron chi connectivity index (χ4n) is 2.03. The summed E-state index contributed by atoms with van der Waals surface area (Å²) in [5.41, 5.74) is 6.79. The van der Waals surface area contributed by atoms with E-state index in [1.165, 1.54) is 0 Å². The average Bonchev–Trinajstić information content (AvgIpc) is 2.48. The van der Waals surface area contributed by atoms with E-state index in [1.54, 1.807) is 30.7 Å². The van der Waals surface area contributed by atoms with Crippen molar-refractivity contribution in [1.82, 2.24) is 9.97 Å². The average molecular weight is 264 g/mol. The molecule has 20 heavy (non-hydrogen) atoms. The van der Waals surface area contributed by atoms with Gasteiger partial charge in [0.15, 0.2) is 0 Å². The van der Waals surface area contributed by atoms with E-state index in [0.717, 1.165) is 16.5 Å². The topological polar surface area (TPSA) is 80.9 Å². The standard InChI is InChI=1S/C15H12N4O/c16-14-12(4-2-7-18-14)15(20)19-13-5-1-3-10-9-17-8-6-11(10)13/h1-9H,(H2,16,18)(H,19,20). The number of rotatable bonds is 2. The summed E-state index contributed by atoms with van der Waals surface area (Å²) in [5.74, 6) is -0.0631. The number of nitrogen functional groups attached to an aromatic ring is 1. The van der Waals surface area contributed by atoms with Crippen LogP contribution in [0.25, 0.3) is 10.8 Å². The second-order valence-electron chi connectivity index (χ2n) is 4.29. The largest absolute Gasteiger partial charge is 0.383 e. The lowest BCUT2D eigenvalue weighted by Crippen LogP contribution is -2.14. The first-order chi connectivity index (χ1) is 9.75. The zero-order chi connectivity index (χ0) is 13.9. The van der Waals surface area contributed by atoms with Crippen molar-refractivity contribution in [3.8, 4) is 0 Å². The number of benzene rings is 1. The lowest BCUT2D eigenvalue weighted by Gasteiger charge is -2.09. The number of nitrogens with zero attached hydrogens (tertiary/aromatic N) is 2. The fraction of sp³-hybridized carbons (Fsp3) is 0. The third kappa shape index (κ3) is 2.16. The number of carbonyl (C=O) groups is 1. The summed E-state index contributed by atoms with van der Waals surface area (Å²) in [6.45, 7) is 0. The molecular formula is C15H12N4O. The molecule has 2 aromatic heterocycles. The molecule has 0 spiro atoms. The highest BCUT2D eigenvalue weighted by Crippen LogP contribution is 2.23. The van der Waals surface area contributed by atoms with E-state index < -0.39 is 0 Å². The van der Waals surface area contributed by atoms with Crippen LogP contribution in [-0.2, 0) is 0 Å². The van der Waals surface area contributed by atoms with Gasteiger partial charge in [-0.15, -0.1) is 0 Å². The molecule has 1 aromatic carbocycles. The molecule has 0 unspecified atom stereocenters. The Balaban J connectivity index is 1.98. The Morgan fingerprint density at radius 2 is 2.00 bits per heavy atom. The summed E-state index contributed by atoms with van der Waals surface area (Å²) in [5, 5.41) is 4.75. The number of hydrogen-bond donors (Lipinski definition) is 2. The molecule has 3 rings (SSSR count). The van der Waals surface area contributed by atoms with Gasteiger partial charge < -0.3 is 11.1 Å². The van der Waals surface area contributed by atoms with Gasteiger partial charge in [-0.05, 0) is 24.3 Å². The summed E-state index contributed by atoms with van der Waals surface area (Å²) < 4.78 is 0. The summed E-state index contributed by atoms with van der Waals surface area (Å²) in [6.07, 6.45) is 5.00. The van der Waals surface area contributed by atoms with Gasteiger partial charge in [-0.2, -0.15) is 0 Å². The molecule has 0 aliphatic heterocycles. The van der Waals surface area contributed by atoms with Crippen LogP contribution in [0.4, 0.5) is 11.5 Å². The van der Waals surface area contributed by atoms with Gasteiger partial charge in [0, 0.05) is 35.1 Å². The lowest BCUT2D eigenvalue weighted by atomic mass is 10.1. The second-order valence-corrected chi connectivity index (χ2v) is 4.29. The molecule has 0 saturated heterocycles. The van der Waals surface area contributed by atoms with Crippen LogP contribution in [-0.4, -0.2) is 15.9 Å². The molecule has 0 bridgehead atoms. The monoisotopic (exact) mass is 264 g/mol. The molecule has 5 heteroatoms. The molecule has 98 valence electrons. The molecule has 0 atom stereocenters. The van der Waals surface area contributed by atoms with Crippen molar-refractivity contribution in [3.05, 3.63) is 60.6 Å². The maximum Gasteiger partial charge on any atom is 0.259 e. The Labute approximate surface area is 115 Å². The van der Waals surface area contributed by atoms with Gasteiger partial charge in [-0.3, -0.25) is 9.78 Å². The molecule has 0 fully saturated rings. The van der Waals surface area contributed by atoms with Crippen LogP contribution >= 0.6 is 0 Å². The van der Waals surface area contributed by atoms with E-state index in [4.69, 9.17) is 5.73 Å². The Bertz CT molecular complexity index is 780. The summed E-state index contributed by atoms with van der Waals surface area (Å²) in [4.78, 5) is 20.2. The van der Waals surface area contributed by atoms with E-state index in [0.29, 0.717) is 5.56 Å². The summed E-state index contributed by atoms with van der Waals surface area (Å²) in [7, 11) is 0. The third-order valence-corrected chi connectivity index (χ3v) is 3.01. The van der Waals surface area contributed by atoms with Gasteiger partial charge in [-0.1, -0.05) is 12.1 Å².